The van der Waals surface area contributed by atoms with Gasteiger partial charge in [-0.25, -0.2) is 4.79 Å². The molecule has 0 aliphatic heterocycles. The van der Waals surface area contributed by atoms with Crippen LogP contribution in [0.2, 0.25) is 0 Å². The summed E-state index contributed by atoms with van der Waals surface area (Å²) in [5, 5.41) is 0.797. The smallest absolute Gasteiger partial charge is 0.373 e. The molecule has 2 aromatic rings. The van der Waals surface area contributed by atoms with Gasteiger partial charge in [0, 0.05) is 11.1 Å². The standard InChI is InChI=1S/C10H9NO3/c1-13-10(12)9-5-6-4-7(11)2-3-8(6)14-9/h2-5H,11H2,1H3. The molecule has 0 amide bonds. The number of anilines is 1. The molecular weight excluding hydrogens is 182 g/mol. The van der Waals surface area contributed by atoms with Gasteiger partial charge in [-0.2, -0.15) is 0 Å². The zero-order chi connectivity index (χ0) is 10.1. The van der Waals surface area contributed by atoms with Gasteiger partial charge in [-0.15, -0.1) is 0 Å². The first-order valence-electron chi connectivity index (χ1n) is 4.08. The Kier molecular flexibility index (Phi) is 1.89. The Morgan fingerprint density at radius 2 is 2.21 bits per heavy atom. The lowest BCUT2D eigenvalue weighted by Crippen LogP contribution is -1.97. The number of hydrogen-bond donors (Lipinski definition) is 1. The summed E-state index contributed by atoms with van der Waals surface area (Å²) in [6.07, 6.45) is 0. The molecule has 0 radical (unpaired) electrons. The summed E-state index contributed by atoms with van der Waals surface area (Å²) >= 11 is 0. The summed E-state index contributed by atoms with van der Waals surface area (Å²) in [5.74, 6) is -0.298. The number of carbonyl (C=O) groups excluding carboxylic acids is 1. The summed E-state index contributed by atoms with van der Waals surface area (Å²) in [5.41, 5.74) is 6.84. The third-order valence-corrected chi connectivity index (χ3v) is 1.93. The number of ether oxygens (including phenoxy) is 1. The van der Waals surface area contributed by atoms with Crippen LogP contribution >= 0.6 is 0 Å². The van der Waals surface area contributed by atoms with E-state index in [9.17, 15) is 4.79 Å². The molecule has 1 aromatic carbocycles. The van der Waals surface area contributed by atoms with Crippen LogP contribution < -0.4 is 5.73 Å². The topological polar surface area (TPSA) is 65.5 Å². The fraction of sp³-hybridized carbons (Fsp3) is 0.100. The Labute approximate surface area is 80.3 Å². The van der Waals surface area contributed by atoms with Gasteiger partial charge >= 0.3 is 5.97 Å². The number of nitrogen functional groups attached to an aromatic ring is 1. The second-order valence-corrected chi connectivity index (χ2v) is 2.90. The van der Waals surface area contributed by atoms with E-state index in [1.807, 2.05) is 0 Å². The molecule has 14 heavy (non-hydrogen) atoms. The van der Waals surface area contributed by atoms with Crippen molar-refractivity contribution in [3.63, 3.8) is 0 Å². The molecule has 0 atom stereocenters. The number of nitrogens with two attached hydrogens (primary N) is 1. The van der Waals surface area contributed by atoms with Crippen LogP contribution in [0.1, 0.15) is 10.6 Å². The molecule has 0 unspecified atom stereocenters. The zero-order valence-electron chi connectivity index (χ0n) is 7.61. The molecule has 0 aliphatic rings. The number of rotatable bonds is 1. The van der Waals surface area contributed by atoms with Crippen LogP contribution in [0.3, 0.4) is 0 Å². The molecule has 4 nitrogen and oxygen atoms in total. The monoisotopic (exact) mass is 191 g/mol. The number of methoxy groups -OCH3 is 1. The minimum absolute atomic E-state index is 0.188. The van der Waals surface area contributed by atoms with Crippen LogP contribution in [0.5, 0.6) is 0 Å². The number of fused-ring (bicyclic) bond motifs is 1. The van der Waals surface area contributed by atoms with E-state index in [1.165, 1.54) is 7.11 Å². The average molecular weight is 191 g/mol. The molecule has 0 saturated carbocycles. The van der Waals surface area contributed by atoms with Crippen LogP contribution in [-0.4, -0.2) is 13.1 Å². The first-order valence-corrected chi connectivity index (χ1v) is 4.08. The summed E-state index contributed by atoms with van der Waals surface area (Å²) in [6.45, 7) is 0. The maximum Gasteiger partial charge on any atom is 0.373 e. The van der Waals surface area contributed by atoms with Crippen molar-refractivity contribution in [1.82, 2.24) is 0 Å². The van der Waals surface area contributed by atoms with E-state index < -0.39 is 5.97 Å². The normalized spacial score (nSPS) is 10.4. The Balaban J connectivity index is 2.56. The van der Waals surface area contributed by atoms with Crippen molar-refractivity contribution in [3.8, 4) is 0 Å². The van der Waals surface area contributed by atoms with E-state index in [4.69, 9.17) is 10.2 Å². The lowest BCUT2D eigenvalue weighted by molar-refractivity contribution is 0.0567. The number of carbonyl (C=O) groups is 1. The van der Waals surface area contributed by atoms with Gasteiger partial charge in [-0.1, -0.05) is 0 Å². The van der Waals surface area contributed by atoms with E-state index >= 15 is 0 Å². The van der Waals surface area contributed by atoms with Crippen LogP contribution in [-0.2, 0) is 4.74 Å². The number of hydrogen-bond acceptors (Lipinski definition) is 4. The van der Waals surface area contributed by atoms with Crippen molar-refractivity contribution < 1.29 is 13.9 Å². The lowest BCUT2D eigenvalue weighted by Gasteiger charge is -1.91. The summed E-state index contributed by atoms with van der Waals surface area (Å²) < 4.78 is 9.78. The van der Waals surface area contributed by atoms with E-state index in [-0.39, 0.29) is 5.76 Å². The van der Waals surface area contributed by atoms with Gasteiger partial charge in [0.2, 0.25) is 5.76 Å². The van der Waals surface area contributed by atoms with Gasteiger partial charge in [0.15, 0.2) is 0 Å². The molecular formula is C10H9NO3. The highest BCUT2D eigenvalue weighted by molar-refractivity contribution is 5.93. The minimum Gasteiger partial charge on any atom is -0.463 e. The highest BCUT2D eigenvalue weighted by Crippen LogP contribution is 2.21. The van der Waals surface area contributed by atoms with Crippen molar-refractivity contribution in [2.45, 2.75) is 0 Å². The largest absolute Gasteiger partial charge is 0.463 e. The van der Waals surface area contributed by atoms with Gasteiger partial charge in [-0.05, 0) is 24.3 Å². The third kappa shape index (κ3) is 1.31. The molecule has 0 bridgehead atoms. The molecule has 1 aromatic heterocycles. The van der Waals surface area contributed by atoms with Crippen LogP contribution in [0, 0.1) is 0 Å². The first-order chi connectivity index (χ1) is 6.70. The van der Waals surface area contributed by atoms with Crippen LogP contribution in [0.15, 0.2) is 28.7 Å². The van der Waals surface area contributed by atoms with Crippen molar-refractivity contribution >= 4 is 22.6 Å². The Morgan fingerprint density at radius 3 is 2.93 bits per heavy atom. The van der Waals surface area contributed by atoms with Crippen LogP contribution in [0.25, 0.3) is 11.0 Å². The summed E-state index contributed by atoms with van der Waals surface area (Å²) in [6, 6.07) is 6.78. The molecule has 1 heterocycles. The second kappa shape index (κ2) is 3.06. The fourth-order valence-electron chi connectivity index (χ4n) is 1.26. The molecule has 0 fully saturated rings. The molecule has 0 aliphatic carbocycles. The average Bonchev–Trinajstić information content (AvgIpc) is 2.59. The highest BCUT2D eigenvalue weighted by atomic mass is 16.5. The molecule has 4 heteroatoms. The number of esters is 1. The maximum absolute atomic E-state index is 11.1. The first kappa shape index (κ1) is 8.62. The quantitative estimate of drug-likeness (QED) is 0.551. The molecule has 72 valence electrons. The van der Waals surface area contributed by atoms with Crippen molar-refractivity contribution in [3.05, 3.63) is 30.0 Å². The Hall–Kier alpha value is -1.97. The molecule has 0 saturated heterocycles. The predicted octanol–water partition coefficient (Wildman–Crippen LogP) is 1.80. The van der Waals surface area contributed by atoms with Crippen LogP contribution in [0.4, 0.5) is 5.69 Å². The van der Waals surface area contributed by atoms with Gasteiger partial charge in [-0.3, -0.25) is 0 Å². The van der Waals surface area contributed by atoms with E-state index in [0.717, 1.165) is 5.39 Å². The van der Waals surface area contributed by atoms with Gasteiger partial charge < -0.3 is 14.9 Å². The zero-order valence-corrected chi connectivity index (χ0v) is 7.61. The Bertz CT molecular complexity index is 487. The summed E-state index contributed by atoms with van der Waals surface area (Å²) in [7, 11) is 1.31. The Morgan fingerprint density at radius 1 is 1.43 bits per heavy atom. The van der Waals surface area contributed by atoms with Gasteiger partial charge in [0.1, 0.15) is 5.58 Å². The highest BCUT2D eigenvalue weighted by Gasteiger charge is 2.11. The van der Waals surface area contributed by atoms with E-state index in [1.54, 1.807) is 24.3 Å². The van der Waals surface area contributed by atoms with E-state index in [2.05, 4.69) is 4.74 Å². The SMILES string of the molecule is COC(=O)c1cc2cc(N)ccc2o1. The van der Waals surface area contributed by atoms with Gasteiger partial charge in [0.05, 0.1) is 7.11 Å². The van der Waals surface area contributed by atoms with Crippen molar-refractivity contribution in [1.29, 1.82) is 0 Å². The molecule has 2 rings (SSSR count). The maximum atomic E-state index is 11.1. The van der Waals surface area contributed by atoms with E-state index in [0.29, 0.717) is 11.3 Å². The fourth-order valence-corrected chi connectivity index (χ4v) is 1.26. The minimum atomic E-state index is -0.486. The molecule has 2 N–H and O–H groups in total. The van der Waals surface area contributed by atoms with Gasteiger partial charge in [0.25, 0.3) is 0 Å². The van der Waals surface area contributed by atoms with Crippen molar-refractivity contribution in [2.24, 2.45) is 0 Å². The molecule has 0 spiro atoms. The second-order valence-electron chi connectivity index (χ2n) is 2.90. The number of benzene rings is 1. The number of furan rings is 1. The lowest BCUT2D eigenvalue weighted by atomic mass is 10.2. The summed E-state index contributed by atoms with van der Waals surface area (Å²) in [4.78, 5) is 11.1. The predicted molar refractivity (Wildman–Crippen MR) is 52.0 cm³/mol. The third-order valence-electron chi connectivity index (χ3n) is 1.93. The van der Waals surface area contributed by atoms with Crippen molar-refractivity contribution in [2.75, 3.05) is 12.8 Å².